The molecular formula is C49H27N3O2S. The zero-order valence-corrected chi connectivity index (χ0v) is 30.0. The maximum absolute atomic E-state index is 6.84. The van der Waals surface area contributed by atoms with Gasteiger partial charge in [0.15, 0.2) is 17.5 Å². The van der Waals surface area contributed by atoms with Crippen LogP contribution < -0.4 is 0 Å². The van der Waals surface area contributed by atoms with E-state index in [4.69, 9.17) is 23.8 Å². The van der Waals surface area contributed by atoms with E-state index in [-0.39, 0.29) is 0 Å². The van der Waals surface area contributed by atoms with Gasteiger partial charge >= 0.3 is 0 Å². The number of rotatable bonds is 4. The van der Waals surface area contributed by atoms with Gasteiger partial charge in [0.1, 0.15) is 22.3 Å². The molecular weight excluding hydrogens is 695 g/mol. The Balaban J connectivity index is 1.10. The third kappa shape index (κ3) is 4.62. The molecule has 0 aliphatic carbocycles. The quantitative estimate of drug-likeness (QED) is 0.181. The molecule has 0 aliphatic rings. The van der Waals surface area contributed by atoms with E-state index in [1.54, 1.807) is 0 Å². The molecule has 55 heavy (non-hydrogen) atoms. The molecule has 0 radical (unpaired) electrons. The summed E-state index contributed by atoms with van der Waals surface area (Å²) in [6.45, 7) is 0. The molecule has 0 bridgehead atoms. The van der Waals surface area contributed by atoms with Crippen LogP contribution in [0.1, 0.15) is 0 Å². The van der Waals surface area contributed by atoms with Crippen molar-refractivity contribution in [3.05, 3.63) is 164 Å². The van der Waals surface area contributed by atoms with E-state index >= 15 is 0 Å². The molecule has 8 aromatic carbocycles. The van der Waals surface area contributed by atoms with Crippen molar-refractivity contribution >= 4 is 86.2 Å². The van der Waals surface area contributed by atoms with Gasteiger partial charge in [-0.05, 0) is 52.7 Å². The summed E-state index contributed by atoms with van der Waals surface area (Å²) in [5, 5.41) is 8.87. The van der Waals surface area contributed by atoms with E-state index in [1.807, 2.05) is 78.1 Å². The number of hydrogen-bond acceptors (Lipinski definition) is 6. The largest absolute Gasteiger partial charge is 0.456 e. The van der Waals surface area contributed by atoms with E-state index in [9.17, 15) is 0 Å². The molecule has 0 saturated carbocycles. The van der Waals surface area contributed by atoms with Crippen LogP contribution in [-0.4, -0.2) is 15.0 Å². The van der Waals surface area contributed by atoms with Crippen molar-refractivity contribution in [1.29, 1.82) is 0 Å². The first-order valence-corrected chi connectivity index (χ1v) is 19.1. The van der Waals surface area contributed by atoms with Gasteiger partial charge in [-0.3, -0.25) is 0 Å². The minimum absolute atomic E-state index is 0.597. The van der Waals surface area contributed by atoms with Gasteiger partial charge in [-0.1, -0.05) is 127 Å². The highest BCUT2D eigenvalue weighted by atomic mass is 32.1. The van der Waals surface area contributed by atoms with Gasteiger partial charge in [-0.2, -0.15) is 0 Å². The lowest BCUT2D eigenvalue weighted by Gasteiger charge is -2.11. The summed E-state index contributed by atoms with van der Waals surface area (Å²) in [4.78, 5) is 15.1. The normalized spacial score (nSPS) is 12.0. The minimum Gasteiger partial charge on any atom is -0.456 e. The molecule has 4 heterocycles. The fraction of sp³-hybridized carbons (Fsp3) is 0. The van der Waals surface area contributed by atoms with Crippen LogP contribution in [0, 0.1) is 0 Å². The maximum Gasteiger partial charge on any atom is 0.164 e. The van der Waals surface area contributed by atoms with Gasteiger partial charge in [0, 0.05) is 64.0 Å². The number of nitrogens with zero attached hydrogens (tertiary/aromatic N) is 3. The molecule has 12 rings (SSSR count). The second-order valence-corrected chi connectivity index (χ2v) is 14.9. The lowest BCUT2D eigenvalue weighted by molar-refractivity contribution is 0.669. The van der Waals surface area contributed by atoms with Crippen molar-refractivity contribution < 1.29 is 8.83 Å². The molecule has 0 atom stereocenters. The van der Waals surface area contributed by atoms with Crippen LogP contribution in [0.15, 0.2) is 173 Å². The number of hydrogen-bond donors (Lipinski definition) is 0. The highest BCUT2D eigenvalue weighted by molar-refractivity contribution is 7.26. The van der Waals surface area contributed by atoms with Gasteiger partial charge in [-0.15, -0.1) is 11.3 Å². The van der Waals surface area contributed by atoms with E-state index in [2.05, 4.69) is 97.1 Å². The van der Waals surface area contributed by atoms with Crippen LogP contribution in [0.3, 0.4) is 0 Å². The zero-order chi connectivity index (χ0) is 36.0. The summed E-state index contributed by atoms with van der Waals surface area (Å²) in [6.07, 6.45) is 0. The first-order chi connectivity index (χ1) is 27.2. The van der Waals surface area contributed by atoms with Gasteiger partial charge in [0.2, 0.25) is 0 Å². The van der Waals surface area contributed by atoms with E-state index in [0.717, 1.165) is 87.9 Å². The smallest absolute Gasteiger partial charge is 0.164 e. The molecule has 0 fully saturated rings. The van der Waals surface area contributed by atoms with Crippen LogP contribution in [-0.2, 0) is 0 Å². The van der Waals surface area contributed by atoms with Gasteiger partial charge in [0.05, 0.1) is 0 Å². The van der Waals surface area contributed by atoms with Crippen LogP contribution in [0.4, 0.5) is 0 Å². The maximum atomic E-state index is 6.84. The van der Waals surface area contributed by atoms with Crippen molar-refractivity contribution in [2.75, 3.05) is 0 Å². The molecule has 0 saturated heterocycles. The molecule has 4 aromatic heterocycles. The number of fused-ring (bicyclic) bond motifs is 12. The van der Waals surface area contributed by atoms with E-state index < -0.39 is 0 Å². The molecule has 0 N–H and O–H groups in total. The Morgan fingerprint density at radius 2 is 1.00 bits per heavy atom. The highest BCUT2D eigenvalue weighted by Crippen LogP contribution is 2.48. The minimum atomic E-state index is 0.597. The Morgan fingerprint density at radius 1 is 0.364 bits per heavy atom. The second kappa shape index (κ2) is 11.7. The van der Waals surface area contributed by atoms with Crippen LogP contribution in [0.25, 0.3) is 120 Å². The Bertz CT molecular complexity index is 3430. The topological polar surface area (TPSA) is 65.0 Å². The van der Waals surface area contributed by atoms with Crippen molar-refractivity contribution in [2.45, 2.75) is 0 Å². The SMILES string of the molecule is c1ccc(-c2nc(-c3ccccc3)nc(-c3cc4oc5cc(-c6cc7c8ccccc8oc7c7c6sc6ccccc67)ccc5c4c4ccccc34)n2)cc1. The number of para-hydroxylation sites is 1. The van der Waals surface area contributed by atoms with Crippen LogP contribution in [0.2, 0.25) is 0 Å². The number of benzene rings is 8. The molecule has 12 aromatic rings. The summed E-state index contributed by atoms with van der Waals surface area (Å²) >= 11 is 1.81. The lowest BCUT2D eigenvalue weighted by Crippen LogP contribution is -2.00. The van der Waals surface area contributed by atoms with E-state index in [1.165, 1.54) is 14.8 Å². The number of thiophene rings is 1. The highest BCUT2D eigenvalue weighted by Gasteiger charge is 2.22. The molecule has 0 spiro atoms. The average Bonchev–Trinajstić information content (AvgIpc) is 3.94. The van der Waals surface area contributed by atoms with Crippen LogP contribution in [0.5, 0.6) is 0 Å². The summed E-state index contributed by atoms with van der Waals surface area (Å²) in [5.74, 6) is 1.84. The van der Waals surface area contributed by atoms with Crippen molar-refractivity contribution in [2.24, 2.45) is 0 Å². The zero-order valence-electron chi connectivity index (χ0n) is 29.2. The van der Waals surface area contributed by atoms with Crippen LogP contribution >= 0.6 is 11.3 Å². The standard InChI is InChI=1S/C49H27N3O2S/c1-3-13-28(14-4-1)47-50-48(29-15-5-2-6-16-29)52-49(51-47)38-27-41-43(33-19-8-7-17-31(33)38)34-24-23-30(25-40(34)53-41)36-26-37-32-18-9-11-21-39(32)54-45(37)44-35-20-10-12-22-42(35)55-46(36)44/h1-27H. The third-order valence-corrected chi connectivity index (χ3v) is 11.9. The first-order valence-electron chi connectivity index (χ1n) is 18.3. The first kappa shape index (κ1) is 30.3. The molecule has 0 aliphatic heterocycles. The van der Waals surface area contributed by atoms with Crippen molar-refractivity contribution in [3.8, 4) is 45.3 Å². The van der Waals surface area contributed by atoms with Gasteiger partial charge < -0.3 is 8.83 Å². The predicted octanol–water partition coefficient (Wildman–Crippen LogP) is 13.9. The Kier molecular flexibility index (Phi) is 6.44. The molecule has 256 valence electrons. The van der Waals surface area contributed by atoms with Gasteiger partial charge in [-0.25, -0.2) is 15.0 Å². The molecule has 0 amide bonds. The Hall–Kier alpha value is -7.15. The molecule has 6 heteroatoms. The fourth-order valence-corrected chi connectivity index (χ4v) is 9.44. The van der Waals surface area contributed by atoms with Gasteiger partial charge in [0.25, 0.3) is 0 Å². The Labute approximate surface area is 317 Å². The molecule has 0 unspecified atom stereocenters. The predicted molar refractivity (Wildman–Crippen MR) is 227 cm³/mol. The second-order valence-electron chi connectivity index (χ2n) is 13.9. The Morgan fingerprint density at radius 3 is 1.76 bits per heavy atom. The summed E-state index contributed by atoms with van der Waals surface area (Å²) < 4.78 is 15.8. The van der Waals surface area contributed by atoms with Crippen molar-refractivity contribution in [3.63, 3.8) is 0 Å². The summed E-state index contributed by atoms with van der Waals surface area (Å²) in [5.41, 5.74) is 8.45. The lowest BCUT2D eigenvalue weighted by atomic mass is 9.96. The van der Waals surface area contributed by atoms with Crippen molar-refractivity contribution in [1.82, 2.24) is 15.0 Å². The third-order valence-electron chi connectivity index (χ3n) is 10.7. The molecule has 5 nitrogen and oxygen atoms in total. The number of furan rings is 2. The fourth-order valence-electron chi connectivity index (χ4n) is 8.20. The number of aromatic nitrogens is 3. The summed E-state index contributed by atoms with van der Waals surface area (Å²) in [6, 6.07) is 56.6. The van der Waals surface area contributed by atoms with E-state index in [0.29, 0.717) is 17.5 Å². The summed E-state index contributed by atoms with van der Waals surface area (Å²) in [7, 11) is 0. The monoisotopic (exact) mass is 721 g/mol. The average molecular weight is 722 g/mol.